The third-order valence-corrected chi connectivity index (χ3v) is 2.93. The lowest BCUT2D eigenvalue weighted by Gasteiger charge is -2.22. The molecule has 0 atom stereocenters. The van der Waals surface area contributed by atoms with E-state index in [1.54, 1.807) is 12.1 Å². The molecule has 0 aliphatic rings. The summed E-state index contributed by atoms with van der Waals surface area (Å²) in [7, 11) is -1.65. The van der Waals surface area contributed by atoms with Gasteiger partial charge >= 0.3 is 5.97 Å². The Balaban J connectivity index is 3.18. The zero-order valence-corrected chi connectivity index (χ0v) is 11.4. The first-order chi connectivity index (χ1) is 7.20. The monoisotopic (exact) mass is 238 g/mol. The second-order valence-corrected chi connectivity index (χ2v) is 9.39. The highest BCUT2D eigenvalue weighted by atomic mass is 28.4. The topological polar surface area (TPSA) is 46.5 Å². The summed E-state index contributed by atoms with van der Waals surface area (Å²) in [5, 5.41) is 8.93. The van der Waals surface area contributed by atoms with Crippen molar-refractivity contribution < 1.29 is 14.3 Å². The van der Waals surface area contributed by atoms with Gasteiger partial charge in [-0.1, -0.05) is 0 Å². The zero-order valence-electron chi connectivity index (χ0n) is 10.4. The normalized spacial score (nSPS) is 11.3. The van der Waals surface area contributed by atoms with Crippen LogP contribution in [0.2, 0.25) is 19.6 Å². The Morgan fingerprint density at radius 3 is 1.94 bits per heavy atom. The molecule has 0 radical (unpaired) electrons. The van der Waals surface area contributed by atoms with Gasteiger partial charge in [-0.25, -0.2) is 4.79 Å². The van der Waals surface area contributed by atoms with E-state index in [9.17, 15) is 4.79 Å². The first-order valence-electron chi connectivity index (χ1n) is 5.24. The smallest absolute Gasteiger partial charge is 0.335 e. The van der Waals surface area contributed by atoms with Crippen molar-refractivity contribution in [2.45, 2.75) is 33.5 Å². The molecule has 0 aliphatic heterocycles. The Morgan fingerprint density at radius 1 is 1.19 bits per heavy atom. The molecule has 4 heteroatoms. The number of benzene rings is 1. The Kier molecular flexibility index (Phi) is 3.43. The first kappa shape index (κ1) is 12.8. The van der Waals surface area contributed by atoms with Gasteiger partial charge in [0.05, 0.1) is 5.56 Å². The average Bonchev–Trinajstić information content (AvgIpc) is 2.09. The number of hydrogen-bond donors (Lipinski definition) is 1. The number of carboxylic acids is 1. The summed E-state index contributed by atoms with van der Waals surface area (Å²) in [6.45, 7) is 10.1. The Hall–Kier alpha value is -1.29. The van der Waals surface area contributed by atoms with Crippen LogP contribution >= 0.6 is 0 Å². The average molecular weight is 238 g/mol. The van der Waals surface area contributed by atoms with E-state index in [1.165, 1.54) is 0 Å². The highest BCUT2D eigenvalue weighted by Gasteiger charge is 2.19. The first-order valence-corrected chi connectivity index (χ1v) is 8.65. The van der Waals surface area contributed by atoms with Crippen LogP contribution in [0.3, 0.4) is 0 Å². The minimum Gasteiger partial charge on any atom is -0.544 e. The van der Waals surface area contributed by atoms with Crippen molar-refractivity contribution in [3.05, 3.63) is 28.8 Å². The van der Waals surface area contributed by atoms with Gasteiger partial charge in [0.2, 0.25) is 8.32 Å². The number of carbonyl (C=O) groups is 1. The maximum atomic E-state index is 10.9. The molecule has 3 nitrogen and oxygen atoms in total. The molecule has 0 amide bonds. The lowest BCUT2D eigenvalue weighted by molar-refractivity contribution is 0.0696. The van der Waals surface area contributed by atoms with Crippen LogP contribution in [0.15, 0.2) is 12.1 Å². The molecule has 1 N–H and O–H groups in total. The largest absolute Gasteiger partial charge is 0.544 e. The standard InChI is InChI=1S/C12H18O3Si/c1-8-6-10(12(13)14)7-9(2)11(8)15-16(3,4)5/h6-7H,1-5H3,(H,13,14). The lowest BCUT2D eigenvalue weighted by Crippen LogP contribution is -2.30. The molecule has 1 rings (SSSR count). The third kappa shape index (κ3) is 3.10. The molecule has 0 fully saturated rings. The Morgan fingerprint density at radius 2 is 1.62 bits per heavy atom. The fourth-order valence-electron chi connectivity index (χ4n) is 1.54. The maximum absolute atomic E-state index is 10.9. The predicted molar refractivity (Wildman–Crippen MR) is 66.8 cm³/mol. The molecule has 1 aromatic rings. The van der Waals surface area contributed by atoms with Gasteiger partial charge in [0.1, 0.15) is 5.75 Å². The van der Waals surface area contributed by atoms with Crippen LogP contribution in [0.4, 0.5) is 0 Å². The van der Waals surface area contributed by atoms with E-state index < -0.39 is 14.3 Å². The van der Waals surface area contributed by atoms with Crippen LogP contribution in [-0.4, -0.2) is 19.4 Å². The van der Waals surface area contributed by atoms with Gasteiger partial charge in [-0.15, -0.1) is 0 Å². The van der Waals surface area contributed by atoms with Crippen molar-refractivity contribution in [3.63, 3.8) is 0 Å². The maximum Gasteiger partial charge on any atom is 0.335 e. The fraction of sp³-hybridized carbons (Fsp3) is 0.417. The highest BCUT2D eigenvalue weighted by Crippen LogP contribution is 2.27. The van der Waals surface area contributed by atoms with Gasteiger partial charge in [-0.3, -0.25) is 0 Å². The number of aryl methyl sites for hydroxylation is 2. The number of hydrogen-bond acceptors (Lipinski definition) is 2. The second kappa shape index (κ2) is 4.29. The summed E-state index contributed by atoms with van der Waals surface area (Å²) in [4.78, 5) is 10.9. The minimum atomic E-state index is -1.65. The molecular weight excluding hydrogens is 220 g/mol. The van der Waals surface area contributed by atoms with Crippen LogP contribution in [0.1, 0.15) is 21.5 Å². The molecule has 0 saturated heterocycles. The summed E-state index contributed by atoms with van der Waals surface area (Å²) in [5.41, 5.74) is 2.09. The molecule has 0 aliphatic carbocycles. The fourth-order valence-corrected chi connectivity index (χ4v) is 2.48. The summed E-state index contributed by atoms with van der Waals surface area (Å²) in [6.07, 6.45) is 0. The summed E-state index contributed by atoms with van der Waals surface area (Å²) in [5.74, 6) is -0.0603. The van der Waals surface area contributed by atoms with Crippen molar-refractivity contribution in [1.29, 1.82) is 0 Å². The molecule has 0 saturated carbocycles. The molecule has 0 heterocycles. The molecule has 0 spiro atoms. The predicted octanol–water partition coefficient (Wildman–Crippen LogP) is 3.22. The van der Waals surface area contributed by atoms with Crippen LogP contribution in [-0.2, 0) is 0 Å². The number of rotatable bonds is 3. The van der Waals surface area contributed by atoms with Crippen LogP contribution in [0, 0.1) is 13.8 Å². The van der Waals surface area contributed by atoms with Crippen molar-refractivity contribution >= 4 is 14.3 Å². The van der Waals surface area contributed by atoms with Gasteiger partial charge in [-0.2, -0.15) is 0 Å². The summed E-state index contributed by atoms with van der Waals surface area (Å²) >= 11 is 0. The molecule has 88 valence electrons. The third-order valence-electron chi connectivity index (χ3n) is 2.12. The van der Waals surface area contributed by atoms with Crippen molar-refractivity contribution in [2.24, 2.45) is 0 Å². The molecule has 1 aromatic carbocycles. The number of carboxylic acid groups (broad SMARTS) is 1. The van der Waals surface area contributed by atoms with Crippen molar-refractivity contribution in [3.8, 4) is 5.75 Å². The van der Waals surface area contributed by atoms with E-state index >= 15 is 0 Å². The quantitative estimate of drug-likeness (QED) is 0.822. The zero-order chi connectivity index (χ0) is 12.5. The lowest BCUT2D eigenvalue weighted by atomic mass is 10.1. The Bertz CT molecular complexity index is 396. The van der Waals surface area contributed by atoms with Crippen LogP contribution in [0.25, 0.3) is 0 Å². The molecule has 16 heavy (non-hydrogen) atoms. The van der Waals surface area contributed by atoms with E-state index in [4.69, 9.17) is 9.53 Å². The van der Waals surface area contributed by atoms with Crippen LogP contribution in [0.5, 0.6) is 5.75 Å². The SMILES string of the molecule is Cc1cc(C(=O)O)cc(C)c1O[Si](C)(C)C. The van der Waals surface area contributed by atoms with Crippen molar-refractivity contribution in [1.82, 2.24) is 0 Å². The Labute approximate surface area is 97.2 Å². The molecule has 0 bridgehead atoms. The van der Waals surface area contributed by atoms with Gasteiger partial charge in [0, 0.05) is 0 Å². The van der Waals surface area contributed by atoms with E-state index in [1.807, 2.05) is 13.8 Å². The van der Waals surface area contributed by atoms with Gasteiger partial charge in [-0.05, 0) is 56.7 Å². The highest BCUT2D eigenvalue weighted by molar-refractivity contribution is 6.70. The van der Waals surface area contributed by atoms with E-state index in [0.29, 0.717) is 5.56 Å². The second-order valence-electron chi connectivity index (χ2n) is 4.96. The van der Waals surface area contributed by atoms with Gasteiger partial charge in [0.25, 0.3) is 0 Å². The molecular formula is C12H18O3Si. The van der Waals surface area contributed by atoms with Crippen LogP contribution < -0.4 is 4.43 Å². The van der Waals surface area contributed by atoms with E-state index in [0.717, 1.165) is 16.9 Å². The van der Waals surface area contributed by atoms with Crippen molar-refractivity contribution in [2.75, 3.05) is 0 Å². The summed E-state index contributed by atoms with van der Waals surface area (Å²) < 4.78 is 5.94. The summed E-state index contributed by atoms with van der Waals surface area (Å²) in [6, 6.07) is 3.32. The molecule has 0 unspecified atom stereocenters. The minimum absolute atomic E-state index is 0.318. The molecule has 0 aromatic heterocycles. The van der Waals surface area contributed by atoms with Gasteiger partial charge < -0.3 is 9.53 Å². The van der Waals surface area contributed by atoms with Gasteiger partial charge in [0.15, 0.2) is 0 Å². The number of aromatic carboxylic acids is 1. The van der Waals surface area contributed by atoms with E-state index in [-0.39, 0.29) is 0 Å². The van der Waals surface area contributed by atoms with E-state index in [2.05, 4.69) is 19.6 Å².